The third-order valence-electron chi connectivity index (χ3n) is 3.11. The number of hydrogen-bond donors (Lipinski definition) is 1. The average molecular weight is 259 g/mol. The standard InChI is InChI=1S/C16H18FNO/c1-3-16(18)12-4-6-13(7-5-12)19-14-8-9-15(17)11(2)10-14/h4-10,16H,3,18H2,1-2H3/t16-/m0/s1. The topological polar surface area (TPSA) is 35.2 Å². The number of ether oxygens (including phenoxy) is 1. The molecule has 0 fully saturated rings. The van der Waals surface area contributed by atoms with Gasteiger partial charge in [0.25, 0.3) is 0 Å². The minimum Gasteiger partial charge on any atom is -0.457 e. The third-order valence-corrected chi connectivity index (χ3v) is 3.11. The summed E-state index contributed by atoms with van der Waals surface area (Å²) < 4.78 is 18.8. The Morgan fingerprint density at radius 1 is 1.11 bits per heavy atom. The minimum atomic E-state index is -0.225. The van der Waals surface area contributed by atoms with Gasteiger partial charge in [0.05, 0.1) is 0 Å². The molecule has 0 heterocycles. The van der Waals surface area contributed by atoms with Crippen molar-refractivity contribution in [1.82, 2.24) is 0 Å². The second-order valence-corrected chi connectivity index (χ2v) is 4.60. The Kier molecular flexibility index (Phi) is 4.17. The molecular weight excluding hydrogens is 241 g/mol. The van der Waals surface area contributed by atoms with Gasteiger partial charge in [-0.3, -0.25) is 0 Å². The van der Waals surface area contributed by atoms with Crippen LogP contribution in [0.4, 0.5) is 4.39 Å². The van der Waals surface area contributed by atoms with Crippen LogP contribution in [-0.4, -0.2) is 0 Å². The van der Waals surface area contributed by atoms with E-state index >= 15 is 0 Å². The summed E-state index contributed by atoms with van der Waals surface area (Å²) in [7, 11) is 0. The second-order valence-electron chi connectivity index (χ2n) is 4.60. The van der Waals surface area contributed by atoms with Crippen LogP contribution in [0.3, 0.4) is 0 Å². The zero-order valence-electron chi connectivity index (χ0n) is 11.2. The van der Waals surface area contributed by atoms with Crippen LogP contribution in [0.25, 0.3) is 0 Å². The molecule has 2 N–H and O–H groups in total. The van der Waals surface area contributed by atoms with Crippen LogP contribution >= 0.6 is 0 Å². The molecule has 0 unspecified atom stereocenters. The number of benzene rings is 2. The van der Waals surface area contributed by atoms with Gasteiger partial charge in [-0.15, -0.1) is 0 Å². The number of nitrogens with two attached hydrogens (primary N) is 1. The monoisotopic (exact) mass is 259 g/mol. The van der Waals surface area contributed by atoms with Crippen molar-refractivity contribution < 1.29 is 9.13 Å². The third kappa shape index (κ3) is 3.32. The molecule has 2 aromatic rings. The molecule has 0 spiro atoms. The summed E-state index contributed by atoms with van der Waals surface area (Å²) in [5, 5.41) is 0. The predicted molar refractivity (Wildman–Crippen MR) is 74.9 cm³/mol. The van der Waals surface area contributed by atoms with Crippen molar-refractivity contribution in [2.24, 2.45) is 5.73 Å². The molecule has 1 atom stereocenters. The molecule has 0 aliphatic rings. The van der Waals surface area contributed by atoms with Crippen LogP contribution in [0.15, 0.2) is 42.5 Å². The highest BCUT2D eigenvalue weighted by atomic mass is 19.1. The molecule has 2 aromatic carbocycles. The van der Waals surface area contributed by atoms with Crippen LogP contribution in [0.1, 0.15) is 30.5 Å². The molecule has 0 radical (unpaired) electrons. The van der Waals surface area contributed by atoms with Crippen LogP contribution in [-0.2, 0) is 0 Å². The highest BCUT2D eigenvalue weighted by Gasteiger charge is 2.04. The van der Waals surface area contributed by atoms with Gasteiger partial charge < -0.3 is 10.5 Å². The highest BCUT2D eigenvalue weighted by Crippen LogP contribution is 2.25. The number of aryl methyl sites for hydroxylation is 1. The van der Waals surface area contributed by atoms with Crippen molar-refractivity contribution in [3.63, 3.8) is 0 Å². The van der Waals surface area contributed by atoms with Crippen LogP contribution in [0.5, 0.6) is 11.5 Å². The van der Waals surface area contributed by atoms with E-state index in [0.717, 1.165) is 17.7 Å². The molecule has 0 aromatic heterocycles. The summed E-state index contributed by atoms with van der Waals surface area (Å²) in [5.41, 5.74) is 7.61. The van der Waals surface area contributed by atoms with Gasteiger partial charge in [-0.25, -0.2) is 4.39 Å². The van der Waals surface area contributed by atoms with Crippen LogP contribution in [0.2, 0.25) is 0 Å². The summed E-state index contributed by atoms with van der Waals surface area (Å²) >= 11 is 0. The Hall–Kier alpha value is -1.87. The van der Waals surface area contributed by atoms with E-state index in [1.807, 2.05) is 24.3 Å². The molecule has 0 bridgehead atoms. The number of hydrogen-bond acceptors (Lipinski definition) is 2. The molecule has 0 saturated heterocycles. The van der Waals surface area contributed by atoms with Gasteiger partial charge in [-0.1, -0.05) is 19.1 Å². The lowest BCUT2D eigenvalue weighted by molar-refractivity contribution is 0.479. The average Bonchev–Trinajstić information content (AvgIpc) is 2.43. The maximum Gasteiger partial charge on any atom is 0.127 e. The van der Waals surface area contributed by atoms with Crippen molar-refractivity contribution >= 4 is 0 Å². The zero-order chi connectivity index (χ0) is 13.8. The molecular formula is C16H18FNO. The molecule has 3 heteroatoms. The van der Waals surface area contributed by atoms with Gasteiger partial charge in [0.2, 0.25) is 0 Å². The molecule has 19 heavy (non-hydrogen) atoms. The Labute approximate surface area is 113 Å². The summed E-state index contributed by atoms with van der Waals surface area (Å²) in [6.07, 6.45) is 0.900. The normalized spacial score (nSPS) is 12.2. The molecule has 2 rings (SSSR count). The van der Waals surface area contributed by atoms with E-state index in [1.165, 1.54) is 6.07 Å². The van der Waals surface area contributed by atoms with E-state index in [2.05, 4.69) is 6.92 Å². The van der Waals surface area contributed by atoms with E-state index in [9.17, 15) is 4.39 Å². The van der Waals surface area contributed by atoms with E-state index < -0.39 is 0 Å². The molecule has 0 amide bonds. The highest BCUT2D eigenvalue weighted by molar-refractivity contribution is 5.36. The summed E-state index contributed by atoms with van der Waals surface area (Å²) in [6.45, 7) is 3.77. The maximum atomic E-state index is 13.1. The van der Waals surface area contributed by atoms with Gasteiger partial charge in [0.15, 0.2) is 0 Å². The zero-order valence-corrected chi connectivity index (χ0v) is 11.2. The summed E-state index contributed by atoms with van der Waals surface area (Å²) in [6, 6.07) is 12.4. The SMILES string of the molecule is CC[C@H](N)c1ccc(Oc2ccc(F)c(C)c2)cc1. The van der Waals surface area contributed by atoms with Crippen molar-refractivity contribution in [3.05, 3.63) is 59.4 Å². The van der Waals surface area contributed by atoms with Crippen LogP contribution < -0.4 is 10.5 Å². The fourth-order valence-corrected chi connectivity index (χ4v) is 1.84. The summed E-state index contributed by atoms with van der Waals surface area (Å²) in [5.74, 6) is 1.13. The first-order chi connectivity index (χ1) is 9.10. The second kappa shape index (κ2) is 5.85. The van der Waals surface area contributed by atoms with E-state index in [0.29, 0.717) is 11.3 Å². The van der Waals surface area contributed by atoms with Gasteiger partial charge in [0, 0.05) is 6.04 Å². The number of halogens is 1. The quantitative estimate of drug-likeness (QED) is 0.886. The molecule has 0 aliphatic heterocycles. The van der Waals surface area contributed by atoms with E-state index in [4.69, 9.17) is 10.5 Å². The molecule has 0 aliphatic carbocycles. The van der Waals surface area contributed by atoms with Crippen molar-refractivity contribution in [1.29, 1.82) is 0 Å². The Morgan fingerprint density at radius 2 is 1.74 bits per heavy atom. The molecule has 100 valence electrons. The lowest BCUT2D eigenvalue weighted by atomic mass is 10.1. The first kappa shape index (κ1) is 13.6. The largest absolute Gasteiger partial charge is 0.457 e. The van der Waals surface area contributed by atoms with Crippen molar-refractivity contribution in [2.45, 2.75) is 26.3 Å². The fourth-order valence-electron chi connectivity index (χ4n) is 1.84. The Balaban J connectivity index is 2.12. The van der Waals surface area contributed by atoms with E-state index in [1.54, 1.807) is 19.1 Å². The van der Waals surface area contributed by atoms with Crippen molar-refractivity contribution in [3.8, 4) is 11.5 Å². The van der Waals surface area contributed by atoms with Crippen LogP contribution in [0, 0.1) is 12.7 Å². The Morgan fingerprint density at radius 3 is 2.32 bits per heavy atom. The fraction of sp³-hybridized carbons (Fsp3) is 0.250. The minimum absolute atomic E-state index is 0.0575. The predicted octanol–water partition coefficient (Wildman–Crippen LogP) is 4.34. The van der Waals surface area contributed by atoms with Gasteiger partial charge in [-0.05, 0) is 54.8 Å². The molecule has 2 nitrogen and oxygen atoms in total. The first-order valence-electron chi connectivity index (χ1n) is 6.39. The number of rotatable bonds is 4. The molecule has 0 saturated carbocycles. The van der Waals surface area contributed by atoms with Gasteiger partial charge >= 0.3 is 0 Å². The van der Waals surface area contributed by atoms with Gasteiger partial charge in [0.1, 0.15) is 17.3 Å². The first-order valence-corrected chi connectivity index (χ1v) is 6.39. The Bertz CT molecular complexity index is 551. The van der Waals surface area contributed by atoms with Crippen molar-refractivity contribution in [2.75, 3.05) is 0 Å². The summed E-state index contributed by atoms with van der Waals surface area (Å²) in [4.78, 5) is 0. The van der Waals surface area contributed by atoms with Gasteiger partial charge in [-0.2, -0.15) is 0 Å². The van der Waals surface area contributed by atoms with E-state index in [-0.39, 0.29) is 11.9 Å². The smallest absolute Gasteiger partial charge is 0.127 e. The lowest BCUT2D eigenvalue weighted by Gasteiger charge is -2.11. The maximum absolute atomic E-state index is 13.1. The lowest BCUT2D eigenvalue weighted by Crippen LogP contribution is -2.07.